The number of rotatable bonds is 5. The lowest BCUT2D eigenvalue weighted by atomic mass is 9.90. The van der Waals surface area contributed by atoms with E-state index in [9.17, 15) is 0 Å². The van der Waals surface area contributed by atoms with E-state index in [1.165, 1.54) is 68.6 Å². The summed E-state index contributed by atoms with van der Waals surface area (Å²) < 4.78 is 5.82. The third-order valence-electron chi connectivity index (χ3n) is 6.72. The molecule has 1 saturated heterocycles. The zero-order chi connectivity index (χ0) is 17.9. The molecule has 2 fully saturated rings. The Labute approximate surface area is 158 Å². The van der Waals surface area contributed by atoms with Crippen molar-refractivity contribution in [2.45, 2.75) is 77.0 Å². The van der Waals surface area contributed by atoms with Gasteiger partial charge in [-0.3, -0.25) is 0 Å². The Morgan fingerprint density at radius 1 is 1.00 bits per heavy atom. The van der Waals surface area contributed by atoms with Gasteiger partial charge >= 0.3 is 0 Å². The number of aryl methyl sites for hydroxylation is 1. The minimum Gasteiger partial charge on any atom is -0.379 e. The topological polar surface area (TPSA) is 27.7 Å². The van der Waals surface area contributed by atoms with Gasteiger partial charge in [-0.1, -0.05) is 13.0 Å². The van der Waals surface area contributed by atoms with Crippen molar-refractivity contribution in [1.29, 1.82) is 0 Å². The Morgan fingerprint density at radius 2 is 1.77 bits per heavy atom. The summed E-state index contributed by atoms with van der Waals surface area (Å²) in [5.74, 6) is 0. The van der Waals surface area contributed by atoms with Gasteiger partial charge in [-0.25, -0.2) is 0 Å². The molecule has 2 aliphatic heterocycles. The molecule has 4 nitrogen and oxygen atoms in total. The molecule has 1 saturated carbocycles. The summed E-state index contributed by atoms with van der Waals surface area (Å²) in [5, 5.41) is 3.59. The molecule has 1 N–H and O–H groups in total. The number of benzene rings is 1. The van der Waals surface area contributed by atoms with Crippen molar-refractivity contribution >= 4 is 11.4 Å². The lowest BCUT2D eigenvalue weighted by Crippen LogP contribution is -2.49. The molecule has 144 valence electrons. The van der Waals surface area contributed by atoms with Crippen LogP contribution in [0.1, 0.15) is 57.9 Å². The van der Waals surface area contributed by atoms with Gasteiger partial charge < -0.3 is 19.9 Å². The molecule has 0 atom stereocenters. The SMILES string of the molecule is CCOC1CCC(N2CCC(N3CNc4ccc(CC)cc43)CC2)CC1. The van der Waals surface area contributed by atoms with Gasteiger partial charge in [0.25, 0.3) is 0 Å². The molecule has 0 spiro atoms. The maximum absolute atomic E-state index is 5.82. The van der Waals surface area contributed by atoms with Crippen molar-refractivity contribution in [2.24, 2.45) is 0 Å². The molecule has 0 radical (unpaired) electrons. The van der Waals surface area contributed by atoms with E-state index in [2.05, 4.69) is 47.2 Å². The molecular weight excluding hydrogens is 322 g/mol. The van der Waals surface area contributed by atoms with Gasteiger partial charge in [-0.15, -0.1) is 0 Å². The second kappa shape index (κ2) is 8.18. The summed E-state index contributed by atoms with van der Waals surface area (Å²) in [6.45, 7) is 8.72. The molecule has 4 heteroatoms. The summed E-state index contributed by atoms with van der Waals surface area (Å²) in [6, 6.07) is 8.41. The van der Waals surface area contributed by atoms with Crippen LogP contribution in [0.2, 0.25) is 0 Å². The van der Waals surface area contributed by atoms with E-state index in [0.717, 1.165) is 25.7 Å². The lowest BCUT2D eigenvalue weighted by molar-refractivity contribution is 0.00948. The van der Waals surface area contributed by atoms with Crippen LogP contribution in [0.15, 0.2) is 18.2 Å². The largest absolute Gasteiger partial charge is 0.379 e. The minimum absolute atomic E-state index is 0.522. The molecule has 0 aromatic heterocycles. The van der Waals surface area contributed by atoms with Crippen LogP contribution < -0.4 is 10.2 Å². The van der Waals surface area contributed by atoms with Gasteiger partial charge in [0, 0.05) is 31.8 Å². The number of nitrogens with zero attached hydrogens (tertiary/aromatic N) is 2. The van der Waals surface area contributed by atoms with Gasteiger partial charge in [0.1, 0.15) is 0 Å². The molecule has 0 bridgehead atoms. The molecule has 2 heterocycles. The number of nitrogens with one attached hydrogen (secondary N) is 1. The van der Waals surface area contributed by atoms with Gasteiger partial charge in [0.15, 0.2) is 0 Å². The molecule has 4 rings (SSSR count). The van der Waals surface area contributed by atoms with Gasteiger partial charge in [-0.2, -0.15) is 0 Å². The number of hydrogen-bond acceptors (Lipinski definition) is 4. The fraction of sp³-hybridized carbons (Fsp3) is 0.727. The molecule has 3 aliphatic rings. The summed E-state index contributed by atoms with van der Waals surface area (Å²) in [5.41, 5.74) is 4.19. The number of piperidine rings is 1. The van der Waals surface area contributed by atoms with Crippen molar-refractivity contribution in [2.75, 3.05) is 36.6 Å². The Bertz CT molecular complexity index is 589. The van der Waals surface area contributed by atoms with Crippen molar-refractivity contribution in [3.8, 4) is 0 Å². The highest BCUT2D eigenvalue weighted by Gasteiger charge is 2.33. The van der Waals surface area contributed by atoms with Gasteiger partial charge in [0.2, 0.25) is 0 Å². The number of fused-ring (bicyclic) bond motifs is 1. The van der Waals surface area contributed by atoms with Crippen LogP contribution in [0.5, 0.6) is 0 Å². The van der Waals surface area contributed by atoms with Crippen LogP contribution in [0.25, 0.3) is 0 Å². The molecule has 1 aromatic carbocycles. The van der Waals surface area contributed by atoms with Crippen LogP contribution in [0, 0.1) is 0 Å². The first-order valence-electron chi connectivity index (χ1n) is 10.8. The first kappa shape index (κ1) is 18.1. The third-order valence-corrected chi connectivity index (χ3v) is 6.72. The first-order valence-corrected chi connectivity index (χ1v) is 10.8. The van der Waals surface area contributed by atoms with Gasteiger partial charge in [-0.05, 0) is 69.6 Å². The maximum atomic E-state index is 5.82. The predicted molar refractivity (Wildman–Crippen MR) is 109 cm³/mol. The normalized spacial score (nSPS) is 27.4. The summed E-state index contributed by atoms with van der Waals surface area (Å²) in [7, 11) is 0. The standard InChI is InChI=1S/C22H35N3O/c1-3-17-5-10-21-22(15-17)25(16-23-21)19-11-13-24(14-12-19)18-6-8-20(9-7-18)26-4-2/h5,10,15,18-20,23H,3-4,6-9,11-14,16H2,1-2H3. The van der Waals surface area contributed by atoms with E-state index in [1.807, 2.05) is 0 Å². The fourth-order valence-corrected chi connectivity index (χ4v) is 5.14. The first-order chi connectivity index (χ1) is 12.8. The Hall–Kier alpha value is -1.26. The quantitative estimate of drug-likeness (QED) is 0.852. The second-order valence-electron chi connectivity index (χ2n) is 8.16. The van der Waals surface area contributed by atoms with Crippen LogP contribution >= 0.6 is 0 Å². The van der Waals surface area contributed by atoms with E-state index in [0.29, 0.717) is 12.1 Å². The molecule has 1 aromatic rings. The third kappa shape index (κ3) is 3.72. The number of anilines is 2. The van der Waals surface area contributed by atoms with Crippen LogP contribution in [0.3, 0.4) is 0 Å². The van der Waals surface area contributed by atoms with Crippen LogP contribution in [0.4, 0.5) is 11.4 Å². The van der Waals surface area contributed by atoms with Crippen LogP contribution in [-0.2, 0) is 11.2 Å². The number of likely N-dealkylation sites (tertiary alicyclic amines) is 1. The van der Waals surface area contributed by atoms with Crippen LogP contribution in [-0.4, -0.2) is 49.5 Å². The van der Waals surface area contributed by atoms with E-state index in [4.69, 9.17) is 4.74 Å². The zero-order valence-corrected chi connectivity index (χ0v) is 16.5. The Morgan fingerprint density at radius 3 is 2.46 bits per heavy atom. The molecule has 0 amide bonds. The van der Waals surface area contributed by atoms with Gasteiger partial charge in [0.05, 0.1) is 24.1 Å². The molecule has 0 unspecified atom stereocenters. The molecule has 26 heavy (non-hydrogen) atoms. The predicted octanol–water partition coefficient (Wildman–Crippen LogP) is 4.25. The summed E-state index contributed by atoms with van der Waals surface area (Å²) in [4.78, 5) is 5.39. The summed E-state index contributed by atoms with van der Waals surface area (Å²) in [6.07, 6.45) is 9.37. The number of hydrogen-bond donors (Lipinski definition) is 1. The Kier molecular flexibility index (Phi) is 5.70. The molecule has 1 aliphatic carbocycles. The van der Waals surface area contributed by atoms with E-state index >= 15 is 0 Å². The van der Waals surface area contributed by atoms with E-state index in [1.54, 1.807) is 0 Å². The fourth-order valence-electron chi connectivity index (χ4n) is 5.14. The maximum Gasteiger partial charge on any atom is 0.0880 e. The smallest absolute Gasteiger partial charge is 0.0880 e. The minimum atomic E-state index is 0.522. The van der Waals surface area contributed by atoms with E-state index < -0.39 is 0 Å². The van der Waals surface area contributed by atoms with Crippen molar-refractivity contribution < 1.29 is 4.74 Å². The Balaban J connectivity index is 1.31. The average molecular weight is 358 g/mol. The highest BCUT2D eigenvalue weighted by Crippen LogP contribution is 2.36. The highest BCUT2D eigenvalue weighted by atomic mass is 16.5. The average Bonchev–Trinajstić information content (AvgIpc) is 3.12. The lowest BCUT2D eigenvalue weighted by Gasteiger charge is -2.43. The summed E-state index contributed by atoms with van der Waals surface area (Å²) >= 11 is 0. The van der Waals surface area contributed by atoms with Crippen molar-refractivity contribution in [1.82, 2.24) is 4.90 Å². The number of ether oxygens (including phenoxy) is 1. The molecular formula is C22H35N3O. The van der Waals surface area contributed by atoms with Crippen molar-refractivity contribution in [3.05, 3.63) is 23.8 Å². The second-order valence-corrected chi connectivity index (χ2v) is 8.16. The zero-order valence-electron chi connectivity index (χ0n) is 16.5. The highest BCUT2D eigenvalue weighted by molar-refractivity contribution is 5.76. The van der Waals surface area contributed by atoms with E-state index in [-0.39, 0.29) is 0 Å². The monoisotopic (exact) mass is 357 g/mol. The van der Waals surface area contributed by atoms with Crippen molar-refractivity contribution in [3.63, 3.8) is 0 Å².